The Labute approximate surface area is 62.1 Å². The lowest BCUT2D eigenvalue weighted by molar-refractivity contribution is -0.0693. The van der Waals surface area contributed by atoms with E-state index in [4.69, 9.17) is 9.66 Å². The molecule has 0 atom stereocenters. The molecule has 0 aromatic rings. The Morgan fingerprint density at radius 3 is 2.18 bits per heavy atom. The van der Waals surface area contributed by atoms with Gasteiger partial charge in [-0.05, 0) is 0 Å². The highest BCUT2D eigenvalue weighted by atomic mass is 32.3. The van der Waals surface area contributed by atoms with Gasteiger partial charge in [0.2, 0.25) is 0 Å². The van der Waals surface area contributed by atoms with E-state index in [9.17, 15) is 13.2 Å². The van der Waals surface area contributed by atoms with Crippen molar-refractivity contribution in [3.8, 4) is 0 Å². The lowest BCUT2D eigenvalue weighted by Crippen LogP contribution is -2.38. The highest BCUT2D eigenvalue weighted by molar-refractivity contribution is 7.80. The number of rotatable bonds is 3. The van der Waals surface area contributed by atoms with Gasteiger partial charge in [0.25, 0.3) is 0 Å². The highest BCUT2D eigenvalue weighted by Gasteiger charge is 2.16. The molecule has 0 bridgehead atoms. The summed E-state index contributed by atoms with van der Waals surface area (Å²) in [7, 11) is -4.82. The summed E-state index contributed by atoms with van der Waals surface area (Å²) in [6, 6.07) is -1.34. The van der Waals surface area contributed by atoms with Gasteiger partial charge >= 0.3 is 16.4 Å². The highest BCUT2D eigenvalue weighted by Crippen LogP contribution is 1.93. The average molecular weight is 186 g/mol. The molecule has 0 saturated heterocycles. The summed E-state index contributed by atoms with van der Waals surface area (Å²) in [5.74, 6) is 0. The van der Waals surface area contributed by atoms with E-state index in [0.29, 0.717) is 0 Å². The quantitative estimate of drug-likeness (QED) is 0.267. The minimum Gasteiger partial charge on any atom is -0.374 e. The van der Waals surface area contributed by atoms with E-state index in [-0.39, 0.29) is 5.06 Å². The van der Waals surface area contributed by atoms with Crippen molar-refractivity contribution in [1.82, 2.24) is 5.06 Å². The maximum Gasteiger partial charge on any atom is 0.418 e. The van der Waals surface area contributed by atoms with E-state index in [1.807, 2.05) is 0 Å². The molecule has 11 heavy (non-hydrogen) atoms. The second-order valence-corrected chi connectivity index (χ2v) is 2.36. The number of urea groups is 1. The van der Waals surface area contributed by atoms with Crippen LogP contribution in [0.3, 0.4) is 0 Å². The van der Waals surface area contributed by atoms with Gasteiger partial charge in [-0.3, -0.25) is 4.55 Å². The summed E-state index contributed by atoms with van der Waals surface area (Å²) in [5, 5.41) is 8.04. The largest absolute Gasteiger partial charge is 0.418 e. The van der Waals surface area contributed by atoms with Gasteiger partial charge < -0.3 is 10.8 Å². The number of amides is 2. The Balaban J connectivity index is 4.22. The van der Waals surface area contributed by atoms with Crippen LogP contribution in [0.15, 0.2) is 0 Å². The number of hydroxylamine groups is 2. The number of carbonyl (C=O) groups excluding carboxylic acids is 1. The molecule has 0 aromatic heterocycles. The molecular formula is C2H6N2O6S. The van der Waals surface area contributed by atoms with E-state index in [0.717, 1.165) is 0 Å². The maximum atomic E-state index is 10.1. The van der Waals surface area contributed by atoms with Crippen LogP contribution in [0, 0.1) is 0 Å². The zero-order chi connectivity index (χ0) is 9.07. The molecule has 0 aliphatic carbocycles. The summed E-state index contributed by atoms with van der Waals surface area (Å²) in [5.41, 5.74) is 4.48. The van der Waals surface area contributed by atoms with Crippen LogP contribution in [0.2, 0.25) is 0 Å². The van der Waals surface area contributed by atoms with Gasteiger partial charge in [0, 0.05) is 0 Å². The molecule has 0 saturated carbocycles. The third-order valence-corrected chi connectivity index (χ3v) is 0.927. The molecule has 0 radical (unpaired) electrons. The first kappa shape index (κ1) is 10.1. The normalized spacial score (nSPS) is 11.1. The molecule has 0 aliphatic heterocycles. The first-order chi connectivity index (χ1) is 4.87. The minimum absolute atomic E-state index is 0.144. The Hall–Kier alpha value is -0.900. The van der Waals surface area contributed by atoms with Crippen LogP contribution in [0.4, 0.5) is 4.79 Å². The number of carbonyl (C=O) groups is 1. The van der Waals surface area contributed by atoms with Crippen LogP contribution in [0.1, 0.15) is 0 Å². The van der Waals surface area contributed by atoms with Crippen molar-refractivity contribution < 1.29 is 27.2 Å². The van der Waals surface area contributed by atoms with Crippen molar-refractivity contribution >= 4 is 16.4 Å². The molecule has 0 fully saturated rings. The molecule has 4 N–H and O–H groups in total. The molecule has 0 rings (SSSR count). The summed E-state index contributed by atoms with van der Waals surface area (Å²) < 4.78 is 31.2. The molecule has 0 aromatic carbocycles. The Morgan fingerprint density at radius 1 is 1.64 bits per heavy atom. The standard InChI is InChI=1S/C2H6N2O6S/c3-2(6)4(1-5)10-11(7,8)9/h5H,1H2,(H2,3,6)(H,7,8,9). The van der Waals surface area contributed by atoms with Crippen LogP contribution >= 0.6 is 0 Å². The summed E-state index contributed by atoms with van der Waals surface area (Å²) in [6.45, 7) is -1.07. The Morgan fingerprint density at radius 2 is 2.09 bits per heavy atom. The molecule has 8 nitrogen and oxygen atoms in total. The second-order valence-electron chi connectivity index (χ2n) is 1.36. The van der Waals surface area contributed by atoms with Crippen molar-refractivity contribution in [2.75, 3.05) is 6.73 Å². The number of nitrogens with zero attached hydrogens (tertiary/aromatic N) is 1. The topological polar surface area (TPSA) is 130 Å². The predicted octanol–water partition coefficient (Wildman–Crippen LogP) is -1.95. The molecule has 9 heteroatoms. The monoisotopic (exact) mass is 186 g/mol. The number of nitrogens with two attached hydrogens (primary N) is 1. The van der Waals surface area contributed by atoms with Gasteiger partial charge in [-0.15, -0.1) is 4.28 Å². The fraction of sp³-hybridized carbons (Fsp3) is 0.500. The van der Waals surface area contributed by atoms with Crippen molar-refractivity contribution in [2.24, 2.45) is 5.73 Å². The lowest BCUT2D eigenvalue weighted by atomic mass is 11.0. The smallest absolute Gasteiger partial charge is 0.374 e. The zero-order valence-corrected chi connectivity index (χ0v) is 5.98. The lowest BCUT2D eigenvalue weighted by Gasteiger charge is -2.12. The Bertz CT molecular complexity index is 233. The van der Waals surface area contributed by atoms with Crippen molar-refractivity contribution in [1.29, 1.82) is 0 Å². The first-order valence-corrected chi connectivity index (χ1v) is 3.58. The Kier molecular flexibility index (Phi) is 3.19. The van der Waals surface area contributed by atoms with Crippen LogP contribution in [0.5, 0.6) is 0 Å². The van der Waals surface area contributed by atoms with Gasteiger partial charge in [0.05, 0.1) is 0 Å². The zero-order valence-electron chi connectivity index (χ0n) is 5.17. The minimum atomic E-state index is -4.82. The van der Waals surface area contributed by atoms with E-state index in [1.54, 1.807) is 0 Å². The molecular weight excluding hydrogens is 180 g/mol. The molecule has 0 spiro atoms. The maximum absolute atomic E-state index is 10.1. The fourth-order valence-corrected chi connectivity index (χ4v) is 0.592. The number of primary amides is 1. The van der Waals surface area contributed by atoms with Gasteiger partial charge in [-0.2, -0.15) is 13.5 Å². The summed E-state index contributed by atoms with van der Waals surface area (Å²) in [6.07, 6.45) is 0. The summed E-state index contributed by atoms with van der Waals surface area (Å²) in [4.78, 5) is 10.1. The molecule has 0 heterocycles. The van der Waals surface area contributed by atoms with Crippen LogP contribution in [-0.2, 0) is 14.7 Å². The van der Waals surface area contributed by atoms with Crippen LogP contribution < -0.4 is 5.73 Å². The van der Waals surface area contributed by atoms with E-state index >= 15 is 0 Å². The van der Waals surface area contributed by atoms with Gasteiger partial charge in [-0.1, -0.05) is 0 Å². The SMILES string of the molecule is NC(=O)N(CO)OS(=O)(=O)O. The number of hydrogen-bond donors (Lipinski definition) is 3. The molecule has 66 valence electrons. The predicted molar refractivity (Wildman–Crippen MR) is 31.1 cm³/mol. The van der Waals surface area contributed by atoms with Crippen LogP contribution in [0.25, 0.3) is 0 Å². The number of aliphatic hydroxyl groups is 1. The number of hydrogen-bond acceptors (Lipinski definition) is 5. The molecule has 0 unspecified atom stereocenters. The third-order valence-electron chi connectivity index (χ3n) is 0.558. The van der Waals surface area contributed by atoms with Crippen LogP contribution in [-0.4, -0.2) is 35.9 Å². The van der Waals surface area contributed by atoms with Crippen molar-refractivity contribution in [2.45, 2.75) is 0 Å². The van der Waals surface area contributed by atoms with E-state index in [2.05, 4.69) is 10.0 Å². The van der Waals surface area contributed by atoms with E-state index < -0.39 is 23.2 Å². The first-order valence-electron chi connectivity index (χ1n) is 2.21. The second kappa shape index (κ2) is 3.48. The molecule has 2 amide bonds. The third kappa shape index (κ3) is 4.50. The number of aliphatic hydroxyl groups excluding tert-OH is 1. The van der Waals surface area contributed by atoms with Crippen molar-refractivity contribution in [3.05, 3.63) is 0 Å². The summed E-state index contributed by atoms with van der Waals surface area (Å²) >= 11 is 0. The van der Waals surface area contributed by atoms with Crippen molar-refractivity contribution in [3.63, 3.8) is 0 Å². The van der Waals surface area contributed by atoms with E-state index in [1.165, 1.54) is 0 Å². The van der Waals surface area contributed by atoms with Gasteiger partial charge in [-0.25, -0.2) is 4.79 Å². The fourth-order valence-electron chi connectivity index (χ4n) is 0.244. The van der Waals surface area contributed by atoms with Gasteiger partial charge in [0.15, 0.2) is 0 Å². The van der Waals surface area contributed by atoms with Gasteiger partial charge in [0.1, 0.15) is 6.73 Å². The average Bonchev–Trinajstić information content (AvgIpc) is 1.80. The molecule has 0 aliphatic rings.